The Morgan fingerprint density at radius 3 is 2.55 bits per heavy atom. The van der Waals surface area contributed by atoms with E-state index in [1.54, 1.807) is 18.7 Å². The van der Waals surface area contributed by atoms with Crippen LogP contribution in [-0.2, 0) is 4.79 Å². The second-order valence-corrected chi connectivity index (χ2v) is 6.14. The number of carbonyl (C=O) groups excluding carboxylic acids is 1. The van der Waals surface area contributed by atoms with E-state index >= 15 is 0 Å². The summed E-state index contributed by atoms with van der Waals surface area (Å²) in [5, 5.41) is 11.8. The van der Waals surface area contributed by atoms with Gasteiger partial charge in [0.25, 0.3) is 0 Å². The third-order valence-electron chi connectivity index (χ3n) is 4.30. The fraction of sp³-hybridized carbons (Fsp3) is 0.857. The minimum Gasteiger partial charge on any atom is -0.480 e. The lowest BCUT2D eigenvalue weighted by Gasteiger charge is -2.28. The first-order valence-electron chi connectivity index (χ1n) is 7.51. The molecule has 0 radical (unpaired) electrons. The van der Waals surface area contributed by atoms with Gasteiger partial charge in [0.2, 0.25) is 0 Å². The van der Waals surface area contributed by atoms with Gasteiger partial charge >= 0.3 is 12.0 Å². The highest BCUT2D eigenvalue weighted by Gasteiger charge is 2.32. The summed E-state index contributed by atoms with van der Waals surface area (Å²) in [5.41, 5.74) is 0. The molecule has 6 heteroatoms. The highest BCUT2D eigenvalue weighted by Crippen LogP contribution is 2.21. The number of aliphatic carboxylic acids is 1. The van der Waals surface area contributed by atoms with Gasteiger partial charge in [-0.2, -0.15) is 0 Å². The summed E-state index contributed by atoms with van der Waals surface area (Å²) in [6.07, 6.45) is 3.30. The maximum absolute atomic E-state index is 12.3. The van der Waals surface area contributed by atoms with Gasteiger partial charge in [0.05, 0.1) is 0 Å². The molecule has 1 unspecified atom stereocenters. The summed E-state index contributed by atoms with van der Waals surface area (Å²) in [6.45, 7) is 7.21. The molecule has 0 bridgehead atoms. The topological polar surface area (TPSA) is 72.9 Å². The van der Waals surface area contributed by atoms with Crippen molar-refractivity contribution < 1.29 is 14.7 Å². The van der Waals surface area contributed by atoms with Crippen LogP contribution in [0.5, 0.6) is 0 Å². The van der Waals surface area contributed by atoms with Crippen molar-refractivity contribution in [3.8, 4) is 0 Å². The predicted octanol–water partition coefficient (Wildman–Crippen LogP) is 0.975. The SMILES string of the molecule is CC(C)[C@H](NC(=O)N1CCCN2CCCC2C1)C(=O)O. The van der Waals surface area contributed by atoms with Crippen LogP contribution >= 0.6 is 0 Å². The normalized spacial score (nSPS) is 25.1. The van der Waals surface area contributed by atoms with E-state index in [1.165, 1.54) is 6.42 Å². The van der Waals surface area contributed by atoms with E-state index in [0.29, 0.717) is 12.6 Å². The highest BCUT2D eigenvalue weighted by atomic mass is 16.4. The van der Waals surface area contributed by atoms with Gasteiger partial charge in [0.1, 0.15) is 6.04 Å². The number of nitrogens with zero attached hydrogens (tertiary/aromatic N) is 2. The van der Waals surface area contributed by atoms with E-state index in [-0.39, 0.29) is 11.9 Å². The van der Waals surface area contributed by atoms with Gasteiger partial charge in [-0.15, -0.1) is 0 Å². The summed E-state index contributed by atoms with van der Waals surface area (Å²) in [6, 6.07) is -0.601. The van der Waals surface area contributed by atoms with Crippen LogP contribution in [0, 0.1) is 5.92 Å². The van der Waals surface area contributed by atoms with Crippen LogP contribution in [-0.4, -0.2) is 65.2 Å². The molecule has 0 aromatic heterocycles. The number of nitrogens with one attached hydrogen (secondary N) is 1. The molecule has 2 atom stereocenters. The molecule has 2 N–H and O–H groups in total. The predicted molar refractivity (Wildman–Crippen MR) is 75.6 cm³/mol. The van der Waals surface area contributed by atoms with Crippen LogP contribution < -0.4 is 5.32 Å². The second-order valence-electron chi connectivity index (χ2n) is 6.14. The van der Waals surface area contributed by atoms with Crippen LogP contribution in [0.1, 0.15) is 33.1 Å². The number of hydrogen-bond donors (Lipinski definition) is 2. The molecule has 20 heavy (non-hydrogen) atoms. The molecule has 2 aliphatic rings. The minimum atomic E-state index is -0.967. The van der Waals surface area contributed by atoms with Gasteiger partial charge in [0, 0.05) is 25.7 Å². The Morgan fingerprint density at radius 1 is 1.20 bits per heavy atom. The maximum atomic E-state index is 12.3. The van der Waals surface area contributed by atoms with Crippen LogP contribution in [0.4, 0.5) is 4.79 Å². The van der Waals surface area contributed by atoms with Crippen LogP contribution in [0.25, 0.3) is 0 Å². The Bertz CT molecular complexity index is 373. The Labute approximate surface area is 120 Å². The van der Waals surface area contributed by atoms with Gasteiger partial charge in [-0.05, 0) is 31.7 Å². The average molecular weight is 283 g/mol. The molecule has 2 fully saturated rings. The van der Waals surface area contributed by atoms with E-state index in [2.05, 4.69) is 10.2 Å². The van der Waals surface area contributed by atoms with E-state index < -0.39 is 12.0 Å². The van der Waals surface area contributed by atoms with Crippen molar-refractivity contribution in [2.75, 3.05) is 26.2 Å². The molecule has 2 aliphatic heterocycles. The first-order valence-corrected chi connectivity index (χ1v) is 7.51. The van der Waals surface area contributed by atoms with Crippen molar-refractivity contribution in [3.63, 3.8) is 0 Å². The number of hydrogen-bond acceptors (Lipinski definition) is 3. The Morgan fingerprint density at radius 2 is 1.90 bits per heavy atom. The third-order valence-corrected chi connectivity index (χ3v) is 4.30. The van der Waals surface area contributed by atoms with Crippen molar-refractivity contribution in [2.45, 2.75) is 45.2 Å². The molecule has 0 saturated carbocycles. The summed E-state index contributed by atoms with van der Waals surface area (Å²) >= 11 is 0. The zero-order valence-corrected chi connectivity index (χ0v) is 12.3. The fourth-order valence-electron chi connectivity index (χ4n) is 3.13. The third kappa shape index (κ3) is 3.42. The lowest BCUT2D eigenvalue weighted by Crippen LogP contribution is -2.51. The number of urea groups is 1. The van der Waals surface area contributed by atoms with E-state index in [0.717, 1.165) is 32.5 Å². The number of fused-ring (bicyclic) bond motifs is 1. The summed E-state index contributed by atoms with van der Waals surface area (Å²) in [7, 11) is 0. The molecule has 0 spiro atoms. The Balaban J connectivity index is 1.95. The molecule has 2 saturated heterocycles. The quantitative estimate of drug-likeness (QED) is 0.809. The smallest absolute Gasteiger partial charge is 0.326 e. The average Bonchev–Trinajstić information content (AvgIpc) is 2.72. The number of carboxylic acids is 1. The Hall–Kier alpha value is -1.30. The van der Waals surface area contributed by atoms with Gasteiger partial charge in [-0.3, -0.25) is 4.90 Å². The van der Waals surface area contributed by atoms with E-state index in [4.69, 9.17) is 5.11 Å². The van der Waals surface area contributed by atoms with Crippen molar-refractivity contribution in [3.05, 3.63) is 0 Å². The lowest BCUT2D eigenvalue weighted by molar-refractivity contribution is -0.140. The second kappa shape index (κ2) is 6.43. The van der Waals surface area contributed by atoms with Crippen molar-refractivity contribution in [1.29, 1.82) is 0 Å². The number of carboxylic acid groups (broad SMARTS) is 1. The molecule has 0 aromatic rings. The van der Waals surface area contributed by atoms with E-state index in [9.17, 15) is 9.59 Å². The first kappa shape index (κ1) is 15.1. The number of amides is 2. The first-order chi connectivity index (χ1) is 9.49. The summed E-state index contributed by atoms with van der Waals surface area (Å²) in [4.78, 5) is 27.7. The molecule has 6 nitrogen and oxygen atoms in total. The van der Waals surface area contributed by atoms with Gasteiger partial charge in [0.15, 0.2) is 0 Å². The maximum Gasteiger partial charge on any atom is 0.326 e. The Kier molecular flexibility index (Phi) is 4.86. The number of carbonyl (C=O) groups is 2. The van der Waals surface area contributed by atoms with Crippen molar-refractivity contribution in [2.24, 2.45) is 5.92 Å². The van der Waals surface area contributed by atoms with Gasteiger partial charge in [-0.25, -0.2) is 9.59 Å². The molecule has 114 valence electrons. The summed E-state index contributed by atoms with van der Waals surface area (Å²) < 4.78 is 0. The summed E-state index contributed by atoms with van der Waals surface area (Å²) in [5.74, 6) is -1.09. The molecule has 2 amide bonds. The molecule has 0 aromatic carbocycles. The molecular weight excluding hydrogens is 258 g/mol. The zero-order valence-electron chi connectivity index (χ0n) is 12.3. The minimum absolute atomic E-state index is 0.119. The molecular formula is C14H25N3O3. The van der Waals surface area contributed by atoms with Crippen molar-refractivity contribution >= 4 is 12.0 Å². The van der Waals surface area contributed by atoms with Crippen LogP contribution in [0.15, 0.2) is 0 Å². The molecule has 2 rings (SSSR count). The molecule has 0 aliphatic carbocycles. The zero-order chi connectivity index (χ0) is 14.7. The van der Waals surface area contributed by atoms with Gasteiger partial charge < -0.3 is 15.3 Å². The monoisotopic (exact) mass is 283 g/mol. The largest absolute Gasteiger partial charge is 0.480 e. The van der Waals surface area contributed by atoms with Crippen LogP contribution in [0.2, 0.25) is 0 Å². The highest BCUT2D eigenvalue weighted by molar-refractivity contribution is 5.82. The lowest BCUT2D eigenvalue weighted by atomic mass is 10.1. The standard InChI is InChI=1S/C14H25N3O3/c1-10(2)12(13(18)19)15-14(20)17-8-4-7-16-6-3-5-11(16)9-17/h10-12H,3-9H2,1-2H3,(H,15,20)(H,18,19)/t11?,12-/m0/s1. The van der Waals surface area contributed by atoms with Gasteiger partial charge in [-0.1, -0.05) is 13.8 Å². The van der Waals surface area contributed by atoms with Crippen LogP contribution in [0.3, 0.4) is 0 Å². The van der Waals surface area contributed by atoms with E-state index in [1.807, 2.05) is 0 Å². The van der Waals surface area contributed by atoms with Crippen molar-refractivity contribution in [1.82, 2.24) is 15.1 Å². The number of rotatable bonds is 3. The fourth-order valence-corrected chi connectivity index (χ4v) is 3.13. The molecule has 2 heterocycles.